The van der Waals surface area contributed by atoms with Crippen LogP contribution in [0.25, 0.3) is 0 Å². The van der Waals surface area contributed by atoms with Gasteiger partial charge in [-0.3, -0.25) is 0 Å². The second-order valence-electron chi connectivity index (χ2n) is 6.06. The minimum absolute atomic E-state index is 0.369. The first-order valence-corrected chi connectivity index (χ1v) is 7.52. The molecule has 0 aromatic heterocycles. The van der Waals surface area contributed by atoms with Crippen LogP contribution in [0.2, 0.25) is 0 Å². The number of phenolic OH excluding ortho intramolecular Hbond substituents is 1. The number of benzene rings is 1. The molecule has 1 aliphatic carbocycles. The molecule has 0 bridgehead atoms. The van der Waals surface area contributed by atoms with Crippen molar-refractivity contribution in [3.63, 3.8) is 0 Å². The highest BCUT2D eigenvalue weighted by molar-refractivity contribution is 5.26. The molecule has 0 saturated heterocycles. The second kappa shape index (κ2) is 6.82. The highest BCUT2D eigenvalue weighted by Gasteiger charge is 2.14. The van der Waals surface area contributed by atoms with Crippen molar-refractivity contribution >= 4 is 0 Å². The molecular weight excluding hydrogens is 220 g/mol. The molecule has 0 aliphatic heterocycles. The third kappa shape index (κ3) is 4.36. The lowest BCUT2D eigenvalue weighted by Crippen LogP contribution is -2.09. The van der Waals surface area contributed by atoms with E-state index in [4.69, 9.17) is 0 Å². The maximum atomic E-state index is 9.26. The van der Waals surface area contributed by atoms with Gasteiger partial charge in [0.05, 0.1) is 0 Å². The zero-order chi connectivity index (χ0) is 12.8. The van der Waals surface area contributed by atoms with Crippen molar-refractivity contribution in [2.24, 2.45) is 11.8 Å². The van der Waals surface area contributed by atoms with Gasteiger partial charge in [0.25, 0.3) is 0 Å². The molecule has 1 nitrogen and oxygen atoms in total. The van der Waals surface area contributed by atoms with E-state index in [0.29, 0.717) is 5.75 Å². The largest absolute Gasteiger partial charge is 0.508 e. The molecule has 1 aromatic carbocycles. The van der Waals surface area contributed by atoms with Crippen LogP contribution >= 0.6 is 0 Å². The van der Waals surface area contributed by atoms with Crippen LogP contribution in [0, 0.1) is 11.8 Å². The van der Waals surface area contributed by atoms with Crippen molar-refractivity contribution in [3.8, 4) is 5.75 Å². The lowest BCUT2D eigenvalue weighted by molar-refractivity contribution is 0.312. The lowest BCUT2D eigenvalue weighted by Gasteiger charge is -2.23. The highest BCUT2D eigenvalue weighted by atomic mass is 16.3. The Kier molecular flexibility index (Phi) is 5.10. The first kappa shape index (κ1) is 13.5. The molecule has 1 unspecified atom stereocenters. The van der Waals surface area contributed by atoms with Gasteiger partial charge in [-0.25, -0.2) is 0 Å². The SMILES string of the molecule is CC(CCC1CCCCC1)Cc1ccc(O)cc1. The summed E-state index contributed by atoms with van der Waals surface area (Å²) in [5.74, 6) is 2.13. The molecule has 0 spiro atoms. The van der Waals surface area contributed by atoms with Crippen LogP contribution in [0.15, 0.2) is 24.3 Å². The van der Waals surface area contributed by atoms with Crippen molar-refractivity contribution in [1.82, 2.24) is 0 Å². The lowest BCUT2D eigenvalue weighted by atomic mass is 9.83. The number of hydrogen-bond donors (Lipinski definition) is 1. The number of hydrogen-bond acceptors (Lipinski definition) is 1. The van der Waals surface area contributed by atoms with Crippen LogP contribution in [0.3, 0.4) is 0 Å². The van der Waals surface area contributed by atoms with E-state index >= 15 is 0 Å². The van der Waals surface area contributed by atoms with E-state index in [-0.39, 0.29) is 0 Å². The maximum Gasteiger partial charge on any atom is 0.115 e. The zero-order valence-electron chi connectivity index (χ0n) is 11.6. The van der Waals surface area contributed by atoms with Gasteiger partial charge in [0, 0.05) is 0 Å². The van der Waals surface area contributed by atoms with Gasteiger partial charge in [-0.15, -0.1) is 0 Å². The number of aromatic hydroxyl groups is 1. The average molecular weight is 246 g/mol. The third-order valence-corrected chi connectivity index (χ3v) is 4.31. The molecule has 1 saturated carbocycles. The van der Waals surface area contributed by atoms with Gasteiger partial charge in [-0.2, -0.15) is 0 Å². The summed E-state index contributed by atoms with van der Waals surface area (Å²) in [6, 6.07) is 7.69. The molecule has 1 aliphatic rings. The van der Waals surface area contributed by atoms with E-state index in [0.717, 1.165) is 18.3 Å². The molecule has 2 rings (SSSR count). The standard InChI is InChI=1S/C17H26O/c1-14(7-8-15-5-3-2-4-6-15)13-16-9-11-17(18)12-10-16/h9-12,14-15,18H,2-8,13H2,1H3. The first-order chi connectivity index (χ1) is 8.74. The topological polar surface area (TPSA) is 20.2 Å². The van der Waals surface area contributed by atoms with E-state index < -0.39 is 0 Å². The van der Waals surface area contributed by atoms with Gasteiger partial charge >= 0.3 is 0 Å². The van der Waals surface area contributed by atoms with Crippen molar-refractivity contribution in [2.75, 3.05) is 0 Å². The summed E-state index contributed by atoms with van der Waals surface area (Å²) < 4.78 is 0. The summed E-state index contributed by atoms with van der Waals surface area (Å²) >= 11 is 0. The summed E-state index contributed by atoms with van der Waals surface area (Å²) in [6.07, 6.45) is 11.2. The van der Waals surface area contributed by atoms with Crippen molar-refractivity contribution in [2.45, 2.75) is 58.3 Å². The van der Waals surface area contributed by atoms with Crippen LogP contribution in [-0.4, -0.2) is 5.11 Å². The maximum absolute atomic E-state index is 9.26. The number of phenols is 1. The molecule has 1 N–H and O–H groups in total. The summed E-state index contributed by atoms with van der Waals surface area (Å²) in [7, 11) is 0. The smallest absolute Gasteiger partial charge is 0.115 e. The molecule has 1 atom stereocenters. The fourth-order valence-corrected chi connectivity index (χ4v) is 3.13. The third-order valence-electron chi connectivity index (χ3n) is 4.31. The Bertz CT molecular complexity index is 335. The predicted octanol–water partition coefficient (Wildman–Crippen LogP) is 4.93. The normalized spacial score (nSPS) is 18.7. The summed E-state index contributed by atoms with van der Waals surface area (Å²) in [6.45, 7) is 2.36. The highest BCUT2D eigenvalue weighted by Crippen LogP contribution is 2.29. The Balaban J connectivity index is 1.71. The minimum atomic E-state index is 0.369. The van der Waals surface area contributed by atoms with Crippen molar-refractivity contribution in [1.29, 1.82) is 0 Å². The van der Waals surface area contributed by atoms with Crippen LogP contribution in [0.1, 0.15) is 57.4 Å². The Morgan fingerprint density at radius 2 is 1.78 bits per heavy atom. The Labute approximate surface area is 111 Å². The van der Waals surface area contributed by atoms with Gasteiger partial charge in [0.1, 0.15) is 5.75 Å². The summed E-state index contributed by atoms with van der Waals surface area (Å²) in [5.41, 5.74) is 1.35. The van der Waals surface area contributed by atoms with Crippen molar-refractivity contribution in [3.05, 3.63) is 29.8 Å². The van der Waals surface area contributed by atoms with Crippen LogP contribution in [-0.2, 0) is 6.42 Å². The van der Waals surface area contributed by atoms with Gasteiger partial charge in [-0.05, 0) is 36.0 Å². The van der Waals surface area contributed by atoms with Crippen LogP contribution < -0.4 is 0 Å². The summed E-state index contributed by atoms with van der Waals surface area (Å²) in [4.78, 5) is 0. The quantitative estimate of drug-likeness (QED) is 0.781. The molecule has 0 amide bonds. The molecule has 0 heterocycles. The van der Waals surface area contributed by atoms with Crippen LogP contribution in [0.4, 0.5) is 0 Å². The van der Waals surface area contributed by atoms with Gasteiger partial charge in [-0.1, -0.05) is 64.0 Å². The van der Waals surface area contributed by atoms with Crippen LogP contribution in [0.5, 0.6) is 5.75 Å². The molecule has 0 radical (unpaired) electrons. The Hall–Kier alpha value is -0.980. The first-order valence-electron chi connectivity index (χ1n) is 7.52. The Morgan fingerprint density at radius 1 is 1.11 bits per heavy atom. The molecule has 18 heavy (non-hydrogen) atoms. The van der Waals surface area contributed by atoms with E-state index in [2.05, 4.69) is 6.92 Å². The fourth-order valence-electron chi connectivity index (χ4n) is 3.13. The predicted molar refractivity (Wildman–Crippen MR) is 76.8 cm³/mol. The van der Waals surface area contributed by atoms with Gasteiger partial charge < -0.3 is 5.11 Å². The molecule has 1 aromatic rings. The average Bonchev–Trinajstić information content (AvgIpc) is 2.40. The van der Waals surface area contributed by atoms with E-state index in [1.165, 1.54) is 50.5 Å². The van der Waals surface area contributed by atoms with Gasteiger partial charge in [0.15, 0.2) is 0 Å². The van der Waals surface area contributed by atoms with E-state index in [9.17, 15) is 5.11 Å². The second-order valence-corrected chi connectivity index (χ2v) is 6.06. The molecule has 1 heteroatoms. The monoisotopic (exact) mass is 246 g/mol. The molecular formula is C17H26O. The van der Waals surface area contributed by atoms with E-state index in [1.54, 1.807) is 12.1 Å². The molecule has 1 fully saturated rings. The summed E-state index contributed by atoms with van der Waals surface area (Å²) in [5, 5.41) is 9.26. The van der Waals surface area contributed by atoms with Crippen molar-refractivity contribution < 1.29 is 5.11 Å². The van der Waals surface area contributed by atoms with Gasteiger partial charge in [0.2, 0.25) is 0 Å². The minimum Gasteiger partial charge on any atom is -0.508 e. The Morgan fingerprint density at radius 3 is 2.44 bits per heavy atom. The zero-order valence-corrected chi connectivity index (χ0v) is 11.6. The number of rotatable bonds is 5. The molecule has 100 valence electrons. The fraction of sp³-hybridized carbons (Fsp3) is 0.647. The van der Waals surface area contributed by atoms with E-state index in [1.807, 2.05) is 12.1 Å².